The van der Waals surface area contributed by atoms with Crippen LogP contribution >= 0.6 is 11.6 Å². The molecule has 1 amide bonds. The summed E-state index contributed by atoms with van der Waals surface area (Å²) in [5, 5.41) is 6.47. The second kappa shape index (κ2) is 8.81. The van der Waals surface area contributed by atoms with Gasteiger partial charge in [-0.2, -0.15) is 0 Å². The first kappa shape index (κ1) is 19.9. The fraction of sp³-hybridized carbons (Fsp3) is 0.350. The molecule has 140 valence electrons. The highest BCUT2D eigenvalue weighted by molar-refractivity contribution is 6.32. The molecule has 26 heavy (non-hydrogen) atoms. The molecule has 5 nitrogen and oxygen atoms in total. The highest BCUT2D eigenvalue weighted by atomic mass is 35.5. The van der Waals surface area contributed by atoms with Crippen LogP contribution in [-0.4, -0.2) is 26.2 Å². The Labute approximate surface area is 159 Å². The minimum Gasteiger partial charge on any atom is -0.495 e. The molecule has 0 spiro atoms. The third-order valence-electron chi connectivity index (χ3n) is 4.08. The van der Waals surface area contributed by atoms with E-state index in [4.69, 9.17) is 21.1 Å². The van der Waals surface area contributed by atoms with Gasteiger partial charge >= 0.3 is 0 Å². The van der Waals surface area contributed by atoms with Gasteiger partial charge in [-0.15, -0.1) is 0 Å². The van der Waals surface area contributed by atoms with Crippen LogP contribution in [0.15, 0.2) is 36.4 Å². The monoisotopic (exact) mass is 376 g/mol. The van der Waals surface area contributed by atoms with Crippen LogP contribution in [0, 0.1) is 0 Å². The zero-order valence-electron chi connectivity index (χ0n) is 15.7. The minimum atomic E-state index is -0.488. The Bertz CT molecular complexity index is 760. The van der Waals surface area contributed by atoms with E-state index in [0.717, 1.165) is 5.69 Å². The third kappa shape index (κ3) is 4.82. The number of carbonyl (C=O) groups is 1. The first-order valence-electron chi connectivity index (χ1n) is 8.44. The summed E-state index contributed by atoms with van der Waals surface area (Å²) in [5.41, 5.74) is 2.61. The Balaban J connectivity index is 2.08. The summed E-state index contributed by atoms with van der Waals surface area (Å²) in [7, 11) is 3.09. The SMILES string of the molecule is COc1cc(OC)c(N[C@H](C)C(=O)Nc2ccc(C(C)C)cc2)cc1Cl. The number of methoxy groups -OCH3 is 2. The summed E-state index contributed by atoms with van der Waals surface area (Å²) in [6.45, 7) is 6.04. The fourth-order valence-electron chi connectivity index (χ4n) is 2.47. The Hall–Kier alpha value is -2.40. The van der Waals surface area contributed by atoms with Crippen LogP contribution in [0.2, 0.25) is 5.02 Å². The maximum absolute atomic E-state index is 12.5. The topological polar surface area (TPSA) is 59.6 Å². The lowest BCUT2D eigenvalue weighted by atomic mass is 10.0. The standard InChI is InChI=1S/C20H25ClN2O3/c1-12(2)14-6-8-15(9-7-14)23-20(24)13(3)22-17-10-16(21)18(25-4)11-19(17)26-5/h6-13,22H,1-5H3,(H,23,24)/t13-/m1/s1. The largest absolute Gasteiger partial charge is 0.495 e. The van der Waals surface area contributed by atoms with Crippen LogP contribution in [0.25, 0.3) is 0 Å². The van der Waals surface area contributed by atoms with Crippen molar-refractivity contribution >= 4 is 28.9 Å². The van der Waals surface area contributed by atoms with E-state index in [0.29, 0.717) is 28.1 Å². The van der Waals surface area contributed by atoms with Crippen molar-refractivity contribution < 1.29 is 14.3 Å². The average Bonchev–Trinajstić information content (AvgIpc) is 2.62. The molecule has 2 aromatic carbocycles. The Morgan fingerprint density at radius 1 is 1.00 bits per heavy atom. The van der Waals surface area contributed by atoms with Gasteiger partial charge < -0.3 is 20.1 Å². The molecule has 2 rings (SSSR count). The molecule has 0 saturated carbocycles. The molecule has 0 aromatic heterocycles. The lowest BCUT2D eigenvalue weighted by Crippen LogP contribution is -2.32. The first-order chi connectivity index (χ1) is 12.3. The van der Waals surface area contributed by atoms with Gasteiger partial charge in [-0.05, 0) is 36.6 Å². The fourth-order valence-corrected chi connectivity index (χ4v) is 2.71. The summed E-state index contributed by atoms with van der Waals surface area (Å²) in [4.78, 5) is 12.5. The van der Waals surface area contributed by atoms with E-state index in [-0.39, 0.29) is 5.91 Å². The number of hydrogen-bond acceptors (Lipinski definition) is 4. The molecule has 0 saturated heterocycles. The van der Waals surface area contributed by atoms with E-state index < -0.39 is 6.04 Å². The number of carbonyl (C=O) groups excluding carboxylic acids is 1. The van der Waals surface area contributed by atoms with Crippen molar-refractivity contribution in [3.05, 3.63) is 47.0 Å². The highest BCUT2D eigenvalue weighted by Crippen LogP contribution is 2.36. The van der Waals surface area contributed by atoms with Crippen molar-refractivity contribution in [1.29, 1.82) is 0 Å². The number of benzene rings is 2. The third-order valence-corrected chi connectivity index (χ3v) is 4.38. The highest BCUT2D eigenvalue weighted by Gasteiger charge is 2.17. The lowest BCUT2D eigenvalue weighted by molar-refractivity contribution is -0.116. The van der Waals surface area contributed by atoms with Gasteiger partial charge in [0.15, 0.2) is 0 Å². The molecule has 0 aliphatic rings. The van der Waals surface area contributed by atoms with Gasteiger partial charge in [0, 0.05) is 11.8 Å². The van der Waals surface area contributed by atoms with Gasteiger partial charge in [0.05, 0.1) is 24.9 Å². The lowest BCUT2D eigenvalue weighted by Gasteiger charge is -2.19. The predicted molar refractivity (Wildman–Crippen MR) is 107 cm³/mol. The van der Waals surface area contributed by atoms with E-state index in [2.05, 4.69) is 24.5 Å². The molecule has 0 fully saturated rings. The van der Waals surface area contributed by atoms with Gasteiger partial charge in [-0.1, -0.05) is 37.6 Å². The van der Waals surface area contributed by atoms with Crippen molar-refractivity contribution in [1.82, 2.24) is 0 Å². The number of hydrogen-bond donors (Lipinski definition) is 2. The molecular formula is C20H25ClN2O3. The number of anilines is 2. The number of nitrogens with one attached hydrogen (secondary N) is 2. The molecule has 6 heteroatoms. The van der Waals surface area contributed by atoms with E-state index in [1.807, 2.05) is 24.3 Å². The predicted octanol–water partition coefficient (Wildman–Crippen LogP) is 4.92. The molecule has 0 bridgehead atoms. The Kier molecular flexibility index (Phi) is 6.75. The molecule has 0 heterocycles. The van der Waals surface area contributed by atoms with Crippen molar-refractivity contribution in [2.24, 2.45) is 0 Å². The van der Waals surface area contributed by atoms with E-state index in [1.54, 1.807) is 26.2 Å². The van der Waals surface area contributed by atoms with Crippen LogP contribution in [0.4, 0.5) is 11.4 Å². The van der Waals surface area contributed by atoms with Crippen molar-refractivity contribution in [3.8, 4) is 11.5 Å². The van der Waals surface area contributed by atoms with Crippen molar-refractivity contribution in [3.63, 3.8) is 0 Å². The molecular weight excluding hydrogens is 352 g/mol. The molecule has 0 aliphatic carbocycles. The van der Waals surface area contributed by atoms with E-state index in [1.165, 1.54) is 12.7 Å². The average molecular weight is 377 g/mol. The van der Waals surface area contributed by atoms with Crippen LogP contribution in [-0.2, 0) is 4.79 Å². The number of halogens is 1. The molecule has 2 N–H and O–H groups in total. The zero-order chi connectivity index (χ0) is 19.3. The molecule has 0 aliphatic heterocycles. The number of rotatable bonds is 7. The summed E-state index contributed by atoms with van der Waals surface area (Å²) in [6.07, 6.45) is 0. The van der Waals surface area contributed by atoms with Crippen LogP contribution in [0.1, 0.15) is 32.3 Å². The molecule has 0 radical (unpaired) electrons. The second-order valence-corrected chi connectivity index (χ2v) is 6.73. The summed E-state index contributed by atoms with van der Waals surface area (Å²) >= 11 is 6.17. The van der Waals surface area contributed by atoms with Gasteiger partial charge in [-0.3, -0.25) is 4.79 Å². The molecule has 0 unspecified atom stereocenters. The van der Waals surface area contributed by atoms with E-state index >= 15 is 0 Å². The van der Waals surface area contributed by atoms with Gasteiger partial charge in [0.25, 0.3) is 0 Å². The van der Waals surface area contributed by atoms with E-state index in [9.17, 15) is 4.79 Å². The maximum atomic E-state index is 12.5. The normalized spacial score (nSPS) is 11.8. The van der Waals surface area contributed by atoms with Crippen LogP contribution in [0.5, 0.6) is 11.5 Å². The summed E-state index contributed by atoms with van der Waals surface area (Å²) in [5.74, 6) is 1.35. The zero-order valence-corrected chi connectivity index (χ0v) is 16.5. The summed E-state index contributed by atoms with van der Waals surface area (Å²) in [6, 6.07) is 10.7. The van der Waals surface area contributed by atoms with Crippen molar-refractivity contribution in [2.75, 3.05) is 24.9 Å². The molecule has 2 aromatic rings. The Morgan fingerprint density at radius 3 is 2.15 bits per heavy atom. The Morgan fingerprint density at radius 2 is 1.62 bits per heavy atom. The first-order valence-corrected chi connectivity index (χ1v) is 8.82. The summed E-state index contributed by atoms with van der Waals surface area (Å²) < 4.78 is 10.5. The van der Waals surface area contributed by atoms with Crippen LogP contribution in [0.3, 0.4) is 0 Å². The van der Waals surface area contributed by atoms with Gasteiger partial charge in [-0.25, -0.2) is 0 Å². The quantitative estimate of drug-likeness (QED) is 0.720. The number of ether oxygens (including phenoxy) is 2. The maximum Gasteiger partial charge on any atom is 0.246 e. The van der Waals surface area contributed by atoms with Crippen LogP contribution < -0.4 is 20.1 Å². The van der Waals surface area contributed by atoms with Crippen molar-refractivity contribution in [2.45, 2.75) is 32.7 Å². The smallest absolute Gasteiger partial charge is 0.246 e. The van der Waals surface area contributed by atoms with Gasteiger partial charge in [0.2, 0.25) is 5.91 Å². The van der Waals surface area contributed by atoms with Gasteiger partial charge in [0.1, 0.15) is 17.5 Å². The minimum absolute atomic E-state index is 0.156. The number of amides is 1. The second-order valence-electron chi connectivity index (χ2n) is 6.32. The molecule has 1 atom stereocenters.